The Bertz CT molecular complexity index is 442. The molecule has 0 saturated heterocycles. The highest BCUT2D eigenvalue weighted by atomic mass is 16.1. The summed E-state index contributed by atoms with van der Waals surface area (Å²) in [5.41, 5.74) is 5.65. The van der Waals surface area contributed by atoms with E-state index in [-0.39, 0.29) is 17.7 Å². The number of rotatable bonds is 0. The maximum absolute atomic E-state index is 11.0. The summed E-state index contributed by atoms with van der Waals surface area (Å²) in [6, 6.07) is 0. The molecule has 7 heteroatoms. The fraction of sp³-hybridized carbons (Fsp3) is 0. The molecule has 2 heterocycles. The van der Waals surface area contributed by atoms with Crippen LogP contribution in [0.2, 0.25) is 0 Å². The predicted molar refractivity (Wildman–Crippen MR) is 41.1 cm³/mol. The van der Waals surface area contributed by atoms with Crippen molar-refractivity contribution >= 4 is 17.1 Å². The molecule has 0 fully saturated rings. The van der Waals surface area contributed by atoms with Crippen LogP contribution in [0, 0.1) is 0 Å². The second kappa shape index (κ2) is 2.62. The standard InChI is InChI=1S/C5H5N5O.N/c6-5-9-3-2(4(11)10-5)7-1-8-3;/h1H,(H4,6,7,8,9,10,11);. The zero-order chi connectivity index (χ0) is 7.84. The van der Waals surface area contributed by atoms with Crippen LogP contribution in [0.3, 0.4) is 0 Å². The van der Waals surface area contributed by atoms with Crippen LogP contribution < -0.4 is 17.4 Å². The van der Waals surface area contributed by atoms with Gasteiger partial charge in [0.1, 0.15) is 0 Å². The number of hydrogen-bond acceptors (Lipinski definition) is 4. The van der Waals surface area contributed by atoms with Crippen molar-refractivity contribution in [3.63, 3.8) is 0 Å². The molecule has 0 atom stereocenters. The summed E-state index contributed by atoms with van der Waals surface area (Å²) < 4.78 is 0. The molecule has 0 spiro atoms. The first-order valence-corrected chi connectivity index (χ1v) is 2.96. The Kier molecular flexibility index (Phi) is 1.80. The van der Waals surface area contributed by atoms with Crippen LogP contribution >= 0.6 is 0 Å². The minimum atomic E-state index is -0.301. The lowest BCUT2D eigenvalue weighted by Crippen LogP contribution is -2.10. The highest BCUT2D eigenvalue weighted by Gasteiger charge is 2.01. The van der Waals surface area contributed by atoms with E-state index in [0.29, 0.717) is 11.2 Å². The van der Waals surface area contributed by atoms with Crippen LogP contribution in [0.15, 0.2) is 11.1 Å². The first kappa shape index (κ1) is 8.21. The molecule has 2 rings (SSSR count). The zero-order valence-corrected chi connectivity index (χ0v) is 5.90. The van der Waals surface area contributed by atoms with Gasteiger partial charge < -0.3 is 10.7 Å². The molecule has 61 valence electrons. The third kappa shape index (κ3) is 1.01. The Hall–Kier alpha value is -1.89. The smallest absolute Gasteiger partial charge is 0.278 e. The Morgan fingerprint density at radius 1 is 1.50 bits per heavy atom. The minimum absolute atomic E-state index is 0. The Morgan fingerprint density at radius 3 is 3.00 bits per heavy atom. The van der Waals surface area contributed by atoms with E-state index in [9.17, 15) is 4.79 Å². The van der Waals surface area contributed by atoms with Crippen LogP contribution in [0.1, 0.15) is 0 Å². The van der Waals surface area contributed by atoms with E-state index in [1.165, 1.54) is 6.33 Å². The van der Waals surface area contributed by atoms with Gasteiger partial charge in [0.25, 0.3) is 5.56 Å². The van der Waals surface area contributed by atoms with E-state index < -0.39 is 0 Å². The zero-order valence-electron chi connectivity index (χ0n) is 5.90. The molecule has 0 aromatic carbocycles. The molecular weight excluding hydrogens is 160 g/mol. The fourth-order valence-corrected chi connectivity index (χ4v) is 0.860. The number of nitrogens with zero attached hydrogens (tertiary/aromatic N) is 3. The van der Waals surface area contributed by atoms with Crippen molar-refractivity contribution in [3.8, 4) is 0 Å². The molecule has 0 amide bonds. The van der Waals surface area contributed by atoms with E-state index in [2.05, 4.69) is 19.9 Å². The second-order valence-corrected chi connectivity index (χ2v) is 2.05. The van der Waals surface area contributed by atoms with Gasteiger partial charge in [-0.25, -0.2) is 4.98 Å². The molecule has 0 aliphatic carbocycles. The van der Waals surface area contributed by atoms with Crippen LogP contribution in [-0.4, -0.2) is 19.9 Å². The number of imidazole rings is 1. The second-order valence-electron chi connectivity index (χ2n) is 2.05. The number of nitrogens with two attached hydrogens (primary N) is 1. The van der Waals surface area contributed by atoms with Crippen LogP contribution in [-0.2, 0) is 0 Å². The maximum Gasteiger partial charge on any atom is 0.278 e. The van der Waals surface area contributed by atoms with Crippen molar-refractivity contribution < 1.29 is 0 Å². The van der Waals surface area contributed by atoms with Gasteiger partial charge in [-0.2, -0.15) is 4.98 Å². The van der Waals surface area contributed by atoms with Crippen molar-refractivity contribution in [2.24, 2.45) is 0 Å². The summed E-state index contributed by atoms with van der Waals surface area (Å²) in [5.74, 6) is 0.0783. The summed E-state index contributed by atoms with van der Waals surface area (Å²) in [4.78, 5) is 23.5. The molecule has 0 aliphatic heterocycles. The topological polar surface area (TPSA) is 131 Å². The van der Waals surface area contributed by atoms with Gasteiger partial charge in [-0.15, -0.1) is 0 Å². The van der Waals surface area contributed by atoms with E-state index >= 15 is 0 Å². The number of nitrogen functional groups attached to an aromatic ring is 1. The quantitative estimate of drug-likeness (QED) is 0.449. The molecule has 0 unspecified atom stereocenters. The predicted octanol–water partition coefficient (Wildman–Crippen LogP) is -1.25. The number of aromatic amines is 2. The lowest BCUT2D eigenvalue weighted by atomic mass is 10.5. The van der Waals surface area contributed by atoms with E-state index in [1.54, 1.807) is 0 Å². The summed E-state index contributed by atoms with van der Waals surface area (Å²) in [6.07, 6.45) is 1.40. The lowest BCUT2D eigenvalue weighted by molar-refractivity contribution is 1.17. The molecule has 7 nitrogen and oxygen atoms in total. The Labute approximate surface area is 66.6 Å². The third-order valence-electron chi connectivity index (χ3n) is 1.31. The van der Waals surface area contributed by atoms with E-state index in [1.807, 2.05) is 0 Å². The number of fused-ring (bicyclic) bond motifs is 1. The minimum Gasteiger partial charge on any atom is -0.369 e. The normalized spacial score (nSPS) is 9.67. The van der Waals surface area contributed by atoms with Gasteiger partial charge in [0, 0.05) is 6.15 Å². The number of nitrogens with one attached hydrogen (secondary N) is 2. The molecule has 4 N–H and O–H groups in total. The van der Waals surface area contributed by atoms with Crippen molar-refractivity contribution in [1.29, 1.82) is 0 Å². The van der Waals surface area contributed by atoms with Gasteiger partial charge in [-0.1, -0.05) is 0 Å². The highest BCUT2D eigenvalue weighted by molar-refractivity contribution is 5.69. The van der Waals surface area contributed by atoms with Crippen LogP contribution in [0.4, 0.5) is 5.95 Å². The Morgan fingerprint density at radius 2 is 2.25 bits per heavy atom. The van der Waals surface area contributed by atoms with Gasteiger partial charge in [0.2, 0.25) is 5.95 Å². The average molecular weight is 165 g/mol. The third-order valence-corrected chi connectivity index (χ3v) is 1.31. The van der Waals surface area contributed by atoms with Crippen LogP contribution in [0.25, 0.3) is 11.2 Å². The molecule has 0 bridgehead atoms. The van der Waals surface area contributed by atoms with E-state index in [0.717, 1.165) is 0 Å². The van der Waals surface area contributed by atoms with Gasteiger partial charge >= 0.3 is 0 Å². The van der Waals surface area contributed by atoms with Crippen molar-refractivity contribution in [2.75, 3.05) is 5.73 Å². The van der Waals surface area contributed by atoms with Gasteiger partial charge in [0.15, 0.2) is 11.2 Å². The maximum atomic E-state index is 11.0. The van der Waals surface area contributed by atoms with Crippen molar-refractivity contribution in [1.82, 2.24) is 26.1 Å². The SMILES string of the molecule is Nc1nc2nc[nH]c2c(=O)[nH]1.[N]. The Balaban J connectivity index is 0.000000720. The van der Waals surface area contributed by atoms with Crippen molar-refractivity contribution in [3.05, 3.63) is 16.7 Å². The molecule has 12 heavy (non-hydrogen) atoms. The first-order chi connectivity index (χ1) is 5.27. The van der Waals surface area contributed by atoms with Crippen molar-refractivity contribution in [2.45, 2.75) is 0 Å². The summed E-state index contributed by atoms with van der Waals surface area (Å²) >= 11 is 0. The molecule has 0 aliphatic rings. The van der Waals surface area contributed by atoms with Crippen LogP contribution in [0.5, 0.6) is 0 Å². The summed E-state index contributed by atoms with van der Waals surface area (Å²) in [6.45, 7) is 0. The highest BCUT2D eigenvalue weighted by Crippen LogP contribution is 1.98. The molecule has 2 aromatic heterocycles. The summed E-state index contributed by atoms with van der Waals surface area (Å²) in [7, 11) is 0. The number of hydrogen-bond donors (Lipinski definition) is 3. The lowest BCUT2D eigenvalue weighted by Gasteiger charge is -1.89. The number of anilines is 1. The van der Waals surface area contributed by atoms with Gasteiger partial charge in [-0.05, 0) is 0 Å². The molecule has 0 saturated carbocycles. The summed E-state index contributed by atoms with van der Waals surface area (Å²) in [5, 5.41) is 0. The first-order valence-electron chi connectivity index (χ1n) is 2.96. The van der Waals surface area contributed by atoms with E-state index in [4.69, 9.17) is 5.73 Å². The monoisotopic (exact) mass is 165 g/mol. The molecule has 2 aromatic rings. The average Bonchev–Trinajstić information content (AvgIpc) is 2.34. The van der Waals surface area contributed by atoms with Gasteiger partial charge in [-0.3, -0.25) is 9.78 Å². The number of aromatic nitrogens is 4. The largest absolute Gasteiger partial charge is 0.369 e. The fourth-order valence-electron chi connectivity index (χ4n) is 0.860. The number of H-pyrrole nitrogens is 2. The molecule has 3 radical (unpaired) electrons. The van der Waals surface area contributed by atoms with Gasteiger partial charge in [0.05, 0.1) is 6.33 Å². The molecular formula is C5H5N6O.